The second-order valence-corrected chi connectivity index (χ2v) is 9.24. The second kappa shape index (κ2) is 11.0. The predicted molar refractivity (Wildman–Crippen MR) is 136 cm³/mol. The van der Waals surface area contributed by atoms with Crippen molar-refractivity contribution in [3.8, 4) is 11.5 Å². The normalized spacial score (nSPS) is 19.5. The van der Waals surface area contributed by atoms with E-state index in [4.69, 9.17) is 19.2 Å². The molecular formula is C26H36N4O5. The molecule has 1 amide bonds. The Hall–Kier alpha value is -3.23. The minimum absolute atomic E-state index is 0.125. The molecule has 190 valence electrons. The number of fused-ring (bicyclic) bond motifs is 1. The largest absolute Gasteiger partial charge is 0.494 e. The lowest BCUT2D eigenvalue weighted by molar-refractivity contribution is -0.158. The summed E-state index contributed by atoms with van der Waals surface area (Å²) in [6, 6.07) is 7.08. The van der Waals surface area contributed by atoms with E-state index in [2.05, 4.69) is 17.1 Å². The number of hydrogen-bond donors (Lipinski definition) is 0. The maximum absolute atomic E-state index is 13.2. The monoisotopic (exact) mass is 484 g/mol. The van der Waals surface area contributed by atoms with E-state index in [9.17, 15) is 9.59 Å². The molecule has 0 bridgehead atoms. The van der Waals surface area contributed by atoms with Crippen molar-refractivity contribution in [3.63, 3.8) is 0 Å². The molecule has 35 heavy (non-hydrogen) atoms. The van der Waals surface area contributed by atoms with Crippen LogP contribution in [0.4, 0.5) is 0 Å². The number of rotatable bonds is 12. The van der Waals surface area contributed by atoms with Crippen LogP contribution < -0.4 is 9.47 Å². The number of aliphatic imine (C=N–C) groups is 1. The average molecular weight is 485 g/mol. The molecule has 2 aliphatic rings. The summed E-state index contributed by atoms with van der Waals surface area (Å²) in [6.45, 7) is 12.4. The number of hydrogen-bond acceptors (Lipinski definition) is 8. The van der Waals surface area contributed by atoms with Crippen LogP contribution in [0.3, 0.4) is 0 Å². The highest BCUT2D eigenvalue weighted by Gasteiger charge is 2.44. The Morgan fingerprint density at radius 3 is 2.37 bits per heavy atom. The molecule has 1 aromatic rings. The van der Waals surface area contributed by atoms with Crippen LogP contribution in [0.5, 0.6) is 11.5 Å². The van der Waals surface area contributed by atoms with Gasteiger partial charge < -0.3 is 19.1 Å². The molecule has 3 rings (SSSR count). The van der Waals surface area contributed by atoms with Gasteiger partial charge in [0.1, 0.15) is 22.9 Å². The van der Waals surface area contributed by atoms with Gasteiger partial charge in [-0.05, 0) is 71.2 Å². The quantitative estimate of drug-likeness (QED) is 0.327. The molecule has 1 aromatic carbocycles. The third kappa shape index (κ3) is 5.89. The van der Waals surface area contributed by atoms with Crippen molar-refractivity contribution in [3.05, 3.63) is 24.3 Å². The zero-order valence-corrected chi connectivity index (χ0v) is 21.6. The van der Waals surface area contributed by atoms with Crippen molar-refractivity contribution in [2.24, 2.45) is 15.2 Å². The maximum atomic E-state index is 13.2. The molecule has 0 saturated heterocycles. The summed E-state index contributed by atoms with van der Waals surface area (Å²) in [7, 11) is 0. The summed E-state index contributed by atoms with van der Waals surface area (Å²) in [5.74, 6) is 0.677. The maximum Gasteiger partial charge on any atom is 0.349 e. The van der Waals surface area contributed by atoms with Crippen LogP contribution in [0.25, 0.3) is 0 Å². The van der Waals surface area contributed by atoms with Gasteiger partial charge in [0.15, 0.2) is 11.3 Å². The van der Waals surface area contributed by atoms with Gasteiger partial charge in [0.25, 0.3) is 5.91 Å². The summed E-state index contributed by atoms with van der Waals surface area (Å²) >= 11 is 0. The van der Waals surface area contributed by atoms with Gasteiger partial charge >= 0.3 is 5.97 Å². The lowest BCUT2D eigenvalue weighted by atomic mass is 9.97. The van der Waals surface area contributed by atoms with Gasteiger partial charge in [-0.25, -0.2) is 4.79 Å². The summed E-state index contributed by atoms with van der Waals surface area (Å²) in [6.07, 6.45) is 3.02. The number of esters is 1. The molecule has 9 nitrogen and oxygen atoms in total. The molecule has 2 aliphatic heterocycles. The second-order valence-electron chi connectivity index (χ2n) is 9.24. The zero-order chi connectivity index (χ0) is 25.6. The Morgan fingerprint density at radius 1 is 1.06 bits per heavy atom. The smallest absolute Gasteiger partial charge is 0.349 e. The molecule has 1 atom stereocenters. The van der Waals surface area contributed by atoms with Crippen molar-refractivity contribution >= 4 is 29.0 Å². The first-order valence-corrected chi connectivity index (χ1v) is 12.3. The Morgan fingerprint density at radius 2 is 1.74 bits per heavy atom. The molecule has 9 heteroatoms. The lowest BCUT2D eigenvalue weighted by Crippen LogP contribution is -2.57. The third-order valence-corrected chi connectivity index (χ3v) is 6.07. The molecule has 0 aliphatic carbocycles. The van der Waals surface area contributed by atoms with E-state index in [1.54, 1.807) is 49.9 Å². The van der Waals surface area contributed by atoms with Crippen LogP contribution in [0.1, 0.15) is 67.2 Å². The van der Waals surface area contributed by atoms with Crippen molar-refractivity contribution in [1.82, 2.24) is 4.90 Å². The van der Waals surface area contributed by atoms with Crippen molar-refractivity contribution in [2.45, 2.75) is 78.5 Å². The van der Waals surface area contributed by atoms with E-state index in [0.717, 1.165) is 18.6 Å². The molecule has 0 aromatic heterocycles. The van der Waals surface area contributed by atoms with Gasteiger partial charge in [0.2, 0.25) is 0 Å². The van der Waals surface area contributed by atoms with Gasteiger partial charge in [0.05, 0.1) is 18.9 Å². The molecule has 0 saturated carbocycles. The predicted octanol–water partition coefficient (Wildman–Crippen LogP) is 4.20. The van der Waals surface area contributed by atoms with Gasteiger partial charge in [-0.2, -0.15) is 5.10 Å². The first-order chi connectivity index (χ1) is 16.6. The number of benzene rings is 1. The molecule has 0 fully saturated rings. The molecule has 0 spiro atoms. The van der Waals surface area contributed by atoms with Crippen molar-refractivity contribution in [2.75, 3.05) is 19.8 Å². The SMILES string of the molecule is CCCC1=NN=C2C(=O)N(CCCOc3ccc(OC(C)(C)C(=O)OCC)cc3)C(C)(CC)N=C12. The van der Waals surface area contributed by atoms with Gasteiger partial charge in [0, 0.05) is 6.54 Å². The highest BCUT2D eigenvalue weighted by molar-refractivity contribution is 6.83. The topological polar surface area (TPSA) is 102 Å². The Bertz CT molecular complexity index is 1030. The van der Waals surface area contributed by atoms with Crippen LogP contribution in [-0.4, -0.2) is 64.9 Å². The van der Waals surface area contributed by atoms with E-state index >= 15 is 0 Å². The standard InChI is InChI=1S/C26H36N4O5/c1-7-11-20-21-22(29-28-20)23(31)30(26(6,8-2)27-21)16-10-17-34-18-12-14-19(15-13-18)35-25(4,5)24(32)33-9-3/h12-15H,7-11,16-17H2,1-6H3. The molecule has 2 heterocycles. The first-order valence-electron chi connectivity index (χ1n) is 12.3. The summed E-state index contributed by atoms with van der Waals surface area (Å²) in [5.41, 5.74) is 0.0922. The van der Waals surface area contributed by atoms with Gasteiger partial charge in [-0.1, -0.05) is 20.3 Å². The Kier molecular flexibility index (Phi) is 8.30. The number of amides is 1. The average Bonchev–Trinajstić information content (AvgIpc) is 3.22. The fourth-order valence-electron chi connectivity index (χ4n) is 3.93. The van der Waals surface area contributed by atoms with E-state index in [1.807, 2.05) is 13.8 Å². The fourth-order valence-corrected chi connectivity index (χ4v) is 3.93. The summed E-state index contributed by atoms with van der Waals surface area (Å²) in [5, 5.41) is 8.33. The Balaban J connectivity index is 1.55. The van der Waals surface area contributed by atoms with Gasteiger partial charge in [-0.3, -0.25) is 9.79 Å². The zero-order valence-electron chi connectivity index (χ0n) is 21.6. The minimum Gasteiger partial charge on any atom is -0.494 e. The molecular weight excluding hydrogens is 448 g/mol. The van der Waals surface area contributed by atoms with E-state index in [0.29, 0.717) is 55.5 Å². The van der Waals surface area contributed by atoms with E-state index < -0.39 is 17.2 Å². The van der Waals surface area contributed by atoms with Crippen LogP contribution in [-0.2, 0) is 14.3 Å². The molecule has 0 radical (unpaired) electrons. The van der Waals surface area contributed by atoms with Crippen LogP contribution in [0.15, 0.2) is 39.5 Å². The van der Waals surface area contributed by atoms with Crippen LogP contribution in [0.2, 0.25) is 0 Å². The Labute approximate surface area is 207 Å². The number of carbonyl (C=O) groups is 2. The van der Waals surface area contributed by atoms with Crippen molar-refractivity contribution in [1.29, 1.82) is 0 Å². The number of ether oxygens (including phenoxy) is 3. The lowest BCUT2D eigenvalue weighted by Gasteiger charge is -2.41. The highest BCUT2D eigenvalue weighted by Crippen LogP contribution is 2.29. The first kappa shape index (κ1) is 26.4. The fraction of sp³-hybridized carbons (Fsp3) is 0.577. The highest BCUT2D eigenvalue weighted by atomic mass is 16.6. The number of carbonyl (C=O) groups excluding carboxylic acids is 2. The van der Waals surface area contributed by atoms with E-state index in [1.165, 1.54) is 0 Å². The van der Waals surface area contributed by atoms with Crippen LogP contribution >= 0.6 is 0 Å². The molecule has 0 N–H and O–H groups in total. The van der Waals surface area contributed by atoms with Crippen molar-refractivity contribution < 1.29 is 23.8 Å². The third-order valence-electron chi connectivity index (χ3n) is 6.07. The van der Waals surface area contributed by atoms with Gasteiger partial charge in [-0.15, -0.1) is 5.10 Å². The van der Waals surface area contributed by atoms with E-state index in [-0.39, 0.29) is 5.91 Å². The molecule has 1 unspecified atom stereocenters. The van der Waals surface area contributed by atoms with Crippen LogP contribution in [0, 0.1) is 0 Å². The summed E-state index contributed by atoms with van der Waals surface area (Å²) in [4.78, 5) is 31.9. The number of nitrogens with zero attached hydrogens (tertiary/aromatic N) is 4. The summed E-state index contributed by atoms with van der Waals surface area (Å²) < 4.78 is 16.7. The minimum atomic E-state index is -1.08.